The van der Waals surface area contributed by atoms with E-state index in [-0.39, 0.29) is 23.1 Å². The van der Waals surface area contributed by atoms with Crippen molar-refractivity contribution >= 4 is 35.0 Å². The molecule has 0 spiro atoms. The number of hydrogen-bond donors (Lipinski definition) is 1. The van der Waals surface area contributed by atoms with Crippen LogP contribution >= 0.6 is 11.8 Å². The smallest absolute Gasteiger partial charge is 0.238 e. The van der Waals surface area contributed by atoms with Crippen molar-refractivity contribution in [3.8, 4) is 0 Å². The van der Waals surface area contributed by atoms with E-state index in [2.05, 4.69) is 5.32 Å². The Morgan fingerprint density at radius 2 is 1.96 bits per heavy atom. The predicted octanol–water partition coefficient (Wildman–Crippen LogP) is 4.37. The summed E-state index contributed by atoms with van der Waals surface area (Å²) in [6, 6.07) is 15.7. The lowest BCUT2D eigenvalue weighted by Crippen LogP contribution is -2.28. The highest BCUT2D eigenvalue weighted by molar-refractivity contribution is 8.00. The first-order chi connectivity index (χ1) is 12.0. The summed E-state index contributed by atoms with van der Waals surface area (Å²) in [7, 11) is 0. The first-order valence-electron chi connectivity index (χ1n) is 8.37. The van der Waals surface area contributed by atoms with Crippen LogP contribution in [0, 0.1) is 12.8 Å². The average molecular weight is 354 g/mol. The Bertz CT molecular complexity index is 804. The largest absolute Gasteiger partial charge is 0.326 e. The molecule has 1 aliphatic rings. The number of nitrogens with one attached hydrogen (secondary N) is 1. The molecule has 0 bridgehead atoms. The predicted molar refractivity (Wildman–Crippen MR) is 104 cm³/mol. The molecule has 3 rings (SSSR count). The molecule has 130 valence electrons. The molecule has 2 aromatic carbocycles. The van der Waals surface area contributed by atoms with Crippen molar-refractivity contribution in [3.05, 3.63) is 59.7 Å². The van der Waals surface area contributed by atoms with E-state index < -0.39 is 0 Å². The van der Waals surface area contributed by atoms with E-state index in [0.717, 1.165) is 22.5 Å². The number of rotatable bonds is 4. The molecular formula is C20H22N2O2S. The second-order valence-electron chi connectivity index (χ2n) is 6.54. The Hall–Kier alpha value is -2.27. The molecular weight excluding hydrogens is 332 g/mol. The quantitative estimate of drug-likeness (QED) is 0.887. The summed E-state index contributed by atoms with van der Waals surface area (Å²) in [4.78, 5) is 26.2. The maximum atomic E-state index is 12.5. The van der Waals surface area contributed by atoms with Crippen molar-refractivity contribution in [1.82, 2.24) is 0 Å². The van der Waals surface area contributed by atoms with Crippen molar-refractivity contribution < 1.29 is 9.59 Å². The lowest BCUT2D eigenvalue weighted by Gasteiger charge is -2.25. The van der Waals surface area contributed by atoms with Gasteiger partial charge in [0.25, 0.3) is 0 Å². The molecule has 1 heterocycles. The molecule has 0 aliphatic carbocycles. The number of aryl methyl sites for hydroxylation is 1. The van der Waals surface area contributed by atoms with Gasteiger partial charge in [-0.3, -0.25) is 14.5 Å². The number of thioether (sulfide) groups is 1. The SMILES string of the molecule is Cc1cccc(N2C(=O)CS[C@H]2c2cccc(NC(=O)C(C)C)c2)c1. The minimum Gasteiger partial charge on any atom is -0.326 e. The zero-order valence-corrected chi connectivity index (χ0v) is 15.5. The average Bonchev–Trinajstić information content (AvgIpc) is 2.96. The lowest BCUT2D eigenvalue weighted by atomic mass is 10.1. The lowest BCUT2D eigenvalue weighted by molar-refractivity contribution is -0.119. The van der Waals surface area contributed by atoms with Crippen molar-refractivity contribution in [3.63, 3.8) is 0 Å². The van der Waals surface area contributed by atoms with Gasteiger partial charge in [-0.15, -0.1) is 11.8 Å². The van der Waals surface area contributed by atoms with E-state index in [9.17, 15) is 9.59 Å². The third kappa shape index (κ3) is 3.87. The van der Waals surface area contributed by atoms with Crippen LogP contribution in [-0.4, -0.2) is 17.6 Å². The molecule has 0 unspecified atom stereocenters. The topological polar surface area (TPSA) is 49.4 Å². The summed E-state index contributed by atoms with van der Waals surface area (Å²) in [6.07, 6.45) is 0. The highest BCUT2D eigenvalue weighted by Crippen LogP contribution is 2.42. The molecule has 2 aromatic rings. The minimum atomic E-state index is -0.0785. The van der Waals surface area contributed by atoms with Crippen LogP contribution in [0.15, 0.2) is 48.5 Å². The van der Waals surface area contributed by atoms with Gasteiger partial charge in [-0.2, -0.15) is 0 Å². The van der Waals surface area contributed by atoms with Gasteiger partial charge in [0.2, 0.25) is 11.8 Å². The molecule has 0 radical (unpaired) electrons. The van der Waals surface area contributed by atoms with Crippen LogP contribution in [0.1, 0.15) is 30.3 Å². The van der Waals surface area contributed by atoms with Gasteiger partial charge in [0.1, 0.15) is 5.37 Å². The third-order valence-electron chi connectivity index (χ3n) is 4.11. The van der Waals surface area contributed by atoms with Gasteiger partial charge < -0.3 is 5.32 Å². The van der Waals surface area contributed by atoms with Gasteiger partial charge >= 0.3 is 0 Å². The van der Waals surface area contributed by atoms with Crippen molar-refractivity contribution in [2.45, 2.75) is 26.1 Å². The number of hydrogen-bond acceptors (Lipinski definition) is 3. The summed E-state index contributed by atoms with van der Waals surface area (Å²) in [6.45, 7) is 5.75. The Labute approximate surface area is 152 Å². The molecule has 2 amide bonds. The highest BCUT2D eigenvalue weighted by atomic mass is 32.2. The number of benzene rings is 2. The van der Waals surface area contributed by atoms with Gasteiger partial charge in [-0.1, -0.05) is 38.1 Å². The number of anilines is 2. The fourth-order valence-corrected chi connectivity index (χ4v) is 3.95. The Balaban J connectivity index is 1.89. The first-order valence-corrected chi connectivity index (χ1v) is 9.42. The van der Waals surface area contributed by atoms with Crippen molar-refractivity contribution in [1.29, 1.82) is 0 Å². The van der Waals surface area contributed by atoms with Crippen LogP contribution < -0.4 is 10.2 Å². The van der Waals surface area contributed by atoms with Gasteiger partial charge in [0.15, 0.2) is 0 Å². The zero-order chi connectivity index (χ0) is 18.0. The molecule has 5 heteroatoms. The Kier molecular flexibility index (Phi) is 5.13. The van der Waals surface area contributed by atoms with E-state index in [0.29, 0.717) is 5.75 Å². The summed E-state index contributed by atoms with van der Waals surface area (Å²) >= 11 is 1.61. The summed E-state index contributed by atoms with van der Waals surface area (Å²) in [5.41, 5.74) is 3.81. The summed E-state index contributed by atoms with van der Waals surface area (Å²) in [5.74, 6) is 0.483. The summed E-state index contributed by atoms with van der Waals surface area (Å²) < 4.78 is 0. The molecule has 1 aliphatic heterocycles. The van der Waals surface area contributed by atoms with Crippen molar-refractivity contribution in [2.24, 2.45) is 5.92 Å². The molecule has 25 heavy (non-hydrogen) atoms. The standard InChI is InChI=1S/C20H22N2O2S/c1-13(2)19(24)21-16-8-5-7-15(11-16)20-22(18(23)12-25-20)17-9-4-6-14(3)10-17/h4-11,13,20H,12H2,1-3H3,(H,21,24)/t20-/m0/s1. The fraction of sp³-hybridized carbons (Fsp3) is 0.300. The number of amides is 2. The van der Waals surface area contributed by atoms with Crippen LogP contribution in [0.5, 0.6) is 0 Å². The molecule has 0 aromatic heterocycles. The minimum absolute atomic E-state index is 0.0113. The van der Waals surface area contributed by atoms with E-state index in [4.69, 9.17) is 0 Å². The number of nitrogens with zero attached hydrogens (tertiary/aromatic N) is 1. The highest BCUT2D eigenvalue weighted by Gasteiger charge is 2.34. The Morgan fingerprint density at radius 1 is 1.20 bits per heavy atom. The van der Waals surface area contributed by atoms with E-state index in [1.807, 2.05) is 74.2 Å². The van der Waals surface area contributed by atoms with Crippen molar-refractivity contribution in [2.75, 3.05) is 16.0 Å². The molecule has 4 nitrogen and oxygen atoms in total. The van der Waals surface area contributed by atoms with Crippen LogP contribution in [-0.2, 0) is 9.59 Å². The van der Waals surface area contributed by atoms with Gasteiger partial charge in [-0.05, 0) is 42.3 Å². The fourth-order valence-electron chi connectivity index (χ4n) is 2.78. The number of carbonyl (C=O) groups is 2. The molecule has 1 atom stereocenters. The van der Waals surface area contributed by atoms with Gasteiger partial charge in [-0.25, -0.2) is 0 Å². The van der Waals surface area contributed by atoms with Crippen LogP contribution in [0.4, 0.5) is 11.4 Å². The second kappa shape index (κ2) is 7.31. The first kappa shape index (κ1) is 17.5. The monoisotopic (exact) mass is 354 g/mol. The van der Waals surface area contributed by atoms with E-state index in [1.54, 1.807) is 11.8 Å². The zero-order valence-electron chi connectivity index (χ0n) is 14.7. The van der Waals surface area contributed by atoms with E-state index >= 15 is 0 Å². The molecule has 1 saturated heterocycles. The molecule has 1 N–H and O–H groups in total. The van der Waals surface area contributed by atoms with Crippen LogP contribution in [0.3, 0.4) is 0 Å². The number of carbonyl (C=O) groups excluding carboxylic acids is 2. The third-order valence-corrected chi connectivity index (χ3v) is 5.32. The van der Waals surface area contributed by atoms with Crippen LogP contribution in [0.25, 0.3) is 0 Å². The molecule has 1 fully saturated rings. The Morgan fingerprint density at radius 3 is 2.68 bits per heavy atom. The maximum absolute atomic E-state index is 12.5. The van der Waals surface area contributed by atoms with Gasteiger partial charge in [0.05, 0.1) is 5.75 Å². The molecule has 0 saturated carbocycles. The summed E-state index contributed by atoms with van der Waals surface area (Å²) in [5, 5.41) is 2.85. The van der Waals surface area contributed by atoms with E-state index in [1.165, 1.54) is 0 Å². The van der Waals surface area contributed by atoms with Crippen LogP contribution in [0.2, 0.25) is 0 Å². The normalized spacial score (nSPS) is 17.2. The maximum Gasteiger partial charge on any atom is 0.238 e. The van der Waals surface area contributed by atoms with Gasteiger partial charge in [0, 0.05) is 17.3 Å². The second-order valence-corrected chi connectivity index (χ2v) is 7.60.